The van der Waals surface area contributed by atoms with Gasteiger partial charge in [0, 0.05) is 12.8 Å². The van der Waals surface area contributed by atoms with Crippen LogP contribution in [0.15, 0.2) is 30.3 Å². The van der Waals surface area contributed by atoms with Gasteiger partial charge < -0.3 is 23.4 Å². The third-order valence-electron chi connectivity index (χ3n) is 6.63. The zero-order chi connectivity index (χ0) is 25.6. The molecule has 1 aliphatic rings. The molecule has 0 saturated carbocycles. The number of carbonyl (C=O) groups excluding carboxylic acids is 1. The molecule has 7 heteroatoms. The Bertz CT molecular complexity index is 760. The number of benzene rings is 1. The van der Waals surface area contributed by atoms with Crippen LogP contribution in [0.1, 0.15) is 66.9 Å². The Morgan fingerprint density at radius 1 is 1.03 bits per heavy atom. The molecule has 1 aromatic carbocycles. The molecule has 0 N–H and O–H groups in total. The van der Waals surface area contributed by atoms with Crippen molar-refractivity contribution in [2.45, 2.75) is 104 Å². The lowest BCUT2D eigenvalue weighted by Crippen LogP contribution is -2.47. The quantitative estimate of drug-likeness (QED) is 0.274. The first-order valence-corrected chi connectivity index (χ1v) is 15.3. The minimum absolute atomic E-state index is 0.0311. The van der Waals surface area contributed by atoms with Crippen LogP contribution in [0.4, 0.5) is 0 Å². The van der Waals surface area contributed by atoms with E-state index in [2.05, 4.69) is 46.0 Å². The van der Waals surface area contributed by atoms with Gasteiger partial charge in [0.25, 0.3) is 0 Å². The van der Waals surface area contributed by atoms with Gasteiger partial charge >= 0.3 is 5.97 Å². The first kappa shape index (κ1) is 29.0. The molecule has 0 spiro atoms. The summed E-state index contributed by atoms with van der Waals surface area (Å²) in [6.45, 7) is 20.5. The lowest BCUT2D eigenvalue weighted by molar-refractivity contribution is -0.175. The maximum Gasteiger partial charge on any atom is 0.311 e. The first-order valence-electron chi connectivity index (χ1n) is 12.4. The number of ether oxygens (including phenoxy) is 4. The fraction of sp³-hybridized carbons (Fsp3) is 0.741. The highest BCUT2D eigenvalue weighted by Crippen LogP contribution is 2.38. The van der Waals surface area contributed by atoms with E-state index in [0.29, 0.717) is 32.7 Å². The van der Waals surface area contributed by atoms with E-state index in [9.17, 15) is 4.79 Å². The van der Waals surface area contributed by atoms with Crippen molar-refractivity contribution in [3.8, 4) is 0 Å². The summed E-state index contributed by atoms with van der Waals surface area (Å²) in [6, 6.07) is 10.1. The fourth-order valence-electron chi connectivity index (χ4n) is 3.51. The maximum atomic E-state index is 12.5. The molecule has 34 heavy (non-hydrogen) atoms. The minimum atomic E-state index is -2.11. The van der Waals surface area contributed by atoms with E-state index >= 15 is 0 Å². The van der Waals surface area contributed by atoms with Crippen molar-refractivity contribution in [1.29, 1.82) is 0 Å². The van der Waals surface area contributed by atoms with Crippen molar-refractivity contribution >= 4 is 14.3 Å². The molecular formula is C27H46O6Si. The van der Waals surface area contributed by atoms with Crippen molar-refractivity contribution < 1.29 is 28.2 Å². The summed E-state index contributed by atoms with van der Waals surface area (Å²) in [4.78, 5) is 12.5. The highest BCUT2D eigenvalue weighted by molar-refractivity contribution is 6.74. The molecule has 0 bridgehead atoms. The summed E-state index contributed by atoms with van der Waals surface area (Å²) in [7, 11) is -2.11. The van der Waals surface area contributed by atoms with Crippen LogP contribution in [0, 0.1) is 5.41 Å². The number of hydrogen-bond donors (Lipinski definition) is 0. The van der Waals surface area contributed by atoms with Crippen LogP contribution >= 0.6 is 0 Å². The Kier molecular flexibility index (Phi) is 9.93. The van der Waals surface area contributed by atoms with E-state index in [0.717, 1.165) is 5.56 Å². The predicted octanol–water partition coefficient (Wildman–Crippen LogP) is 6.09. The Morgan fingerprint density at radius 3 is 2.15 bits per heavy atom. The van der Waals surface area contributed by atoms with Gasteiger partial charge in [0.15, 0.2) is 14.1 Å². The van der Waals surface area contributed by atoms with Crippen molar-refractivity contribution in [3.63, 3.8) is 0 Å². The van der Waals surface area contributed by atoms with Crippen molar-refractivity contribution in [2.24, 2.45) is 5.41 Å². The van der Waals surface area contributed by atoms with Gasteiger partial charge in [0.05, 0.1) is 37.4 Å². The van der Waals surface area contributed by atoms with Gasteiger partial charge in [-0.3, -0.25) is 4.79 Å². The topological polar surface area (TPSA) is 63.2 Å². The summed E-state index contributed by atoms with van der Waals surface area (Å²) < 4.78 is 30.6. The van der Waals surface area contributed by atoms with Gasteiger partial charge in [-0.1, -0.05) is 51.1 Å². The standard InChI is InChI=1S/C27H46O6Si/c1-25(2,3)24(28)30-20-23(33-34(8,9)26(4,5)6)17-22(18-27(7)31-15-16-32-27)29-19-21-13-11-10-12-14-21/h10-14,22-23H,15-20H2,1-9H3/t22-,23-/m0/s1. The molecule has 2 rings (SSSR count). The van der Waals surface area contributed by atoms with Gasteiger partial charge in [-0.05, 0) is 51.4 Å². The molecule has 1 aliphatic heterocycles. The highest BCUT2D eigenvalue weighted by atomic mass is 28.4. The molecule has 0 unspecified atom stereocenters. The van der Waals surface area contributed by atoms with Gasteiger partial charge in [0.2, 0.25) is 0 Å². The van der Waals surface area contributed by atoms with Gasteiger partial charge in [-0.15, -0.1) is 0 Å². The van der Waals surface area contributed by atoms with Crippen molar-refractivity contribution in [2.75, 3.05) is 19.8 Å². The fourth-order valence-corrected chi connectivity index (χ4v) is 4.86. The number of hydrogen-bond acceptors (Lipinski definition) is 6. The second-order valence-electron chi connectivity index (χ2n) is 12.0. The van der Waals surface area contributed by atoms with Gasteiger partial charge in [-0.2, -0.15) is 0 Å². The van der Waals surface area contributed by atoms with E-state index < -0.39 is 19.5 Å². The third-order valence-corrected chi connectivity index (χ3v) is 11.2. The number of carbonyl (C=O) groups is 1. The molecule has 1 fully saturated rings. The van der Waals surface area contributed by atoms with E-state index in [1.165, 1.54) is 0 Å². The van der Waals surface area contributed by atoms with Crippen LogP contribution in [-0.4, -0.2) is 52.1 Å². The Labute approximate surface area is 207 Å². The largest absolute Gasteiger partial charge is 0.463 e. The zero-order valence-electron chi connectivity index (χ0n) is 22.7. The van der Waals surface area contributed by atoms with Gasteiger partial charge in [-0.25, -0.2) is 0 Å². The van der Waals surface area contributed by atoms with Crippen LogP contribution < -0.4 is 0 Å². The molecule has 1 saturated heterocycles. The highest BCUT2D eigenvalue weighted by Gasteiger charge is 2.41. The van der Waals surface area contributed by atoms with Crippen LogP contribution in [0.25, 0.3) is 0 Å². The molecule has 6 nitrogen and oxygen atoms in total. The zero-order valence-corrected chi connectivity index (χ0v) is 23.7. The lowest BCUT2D eigenvalue weighted by atomic mass is 9.97. The lowest BCUT2D eigenvalue weighted by Gasteiger charge is -2.40. The molecule has 0 aromatic heterocycles. The third kappa shape index (κ3) is 9.08. The number of rotatable bonds is 11. The van der Waals surface area contributed by atoms with Crippen molar-refractivity contribution in [1.82, 2.24) is 0 Å². The summed E-state index contributed by atoms with van der Waals surface area (Å²) >= 11 is 0. The molecule has 194 valence electrons. The molecule has 1 heterocycles. The van der Waals surface area contributed by atoms with Crippen molar-refractivity contribution in [3.05, 3.63) is 35.9 Å². The average Bonchev–Trinajstić information content (AvgIpc) is 3.15. The van der Waals surface area contributed by atoms with E-state index in [1.807, 2.05) is 45.9 Å². The summed E-state index contributed by atoms with van der Waals surface area (Å²) in [6.07, 6.45) is 0.688. The average molecular weight is 495 g/mol. The normalized spacial score (nSPS) is 18.5. The van der Waals surface area contributed by atoms with Crippen LogP contribution in [-0.2, 0) is 34.8 Å². The monoisotopic (exact) mass is 494 g/mol. The predicted molar refractivity (Wildman–Crippen MR) is 137 cm³/mol. The van der Waals surface area contributed by atoms with E-state index in [4.69, 9.17) is 23.4 Å². The van der Waals surface area contributed by atoms with Crippen LogP contribution in [0.5, 0.6) is 0 Å². The van der Waals surface area contributed by atoms with E-state index in [1.54, 1.807) is 0 Å². The molecule has 1 aromatic rings. The van der Waals surface area contributed by atoms with Gasteiger partial charge in [0.1, 0.15) is 6.61 Å². The smallest absolute Gasteiger partial charge is 0.311 e. The summed E-state index contributed by atoms with van der Waals surface area (Å²) in [5, 5.41) is 0.0311. The first-order chi connectivity index (χ1) is 15.6. The molecule has 0 amide bonds. The Morgan fingerprint density at radius 2 is 1.62 bits per heavy atom. The number of esters is 1. The second kappa shape index (κ2) is 11.7. The second-order valence-corrected chi connectivity index (χ2v) is 16.8. The maximum absolute atomic E-state index is 12.5. The Balaban J connectivity index is 2.19. The minimum Gasteiger partial charge on any atom is -0.463 e. The molecule has 0 radical (unpaired) electrons. The van der Waals surface area contributed by atoms with Crippen LogP contribution in [0.2, 0.25) is 18.1 Å². The molecule has 0 aliphatic carbocycles. The SMILES string of the molecule is CC1(C[C@H](C[C@@H](COC(=O)C(C)(C)C)O[Si](C)(C)C(C)(C)C)OCc2ccccc2)OCCO1. The Hall–Kier alpha value is -1.25. The summed E-state index contributed by atoms with van der Waals surface area (Å²) in [5.74, 6) is -0.919. The molecular weight excluding hydrogens is 448 g/mol. The molecule has 2 atom stereocenters. The summed E-state index contributed by atoms with van der Waals surface area (Å²) in [5.41, 5.74) is 0.538. The van der Waals surface area contributed by atoms with E-state index in [-0.39, 0.29) is 29.8 Å². The van der Waals surface area contributed by atoms with Crippen LogP contribution in [0.3, 0.4) is 0 Å².